The minimum Gasteiger partial charge on any atom is -0.393 e. The lowest BCUT2D eigenvalue weighted by molar-refractivity contribution is 0.237. The van der Waals surface area contributed by atoms with E-state index >= 15 is 0 Å². The Morgan fingerprint density at radius 1 is 1.12 bits per heavy atom. The average Bonchev–Trinajstić information content (AvgIpc) is 2.67. The van der Waals surface area contributed by atoms with Gasteiger partial charge in [0.15, 0.2) is 11.6 Å². The molecule has 6 heteroatoms. The smallest absolute Gasteiger partial charge is 0.161 e. The fraction of sp³-hybridized carbons (Fsp3) is 0.474. The normalized spacial score (nSPS) is 15.1. The first-order valence-corrected chi connectivity index (χ1v) is 9.19. The molecule has 0 unspecified atom stereocenters. The van der Waals surface area contributed by atoms with Gasteiger partial charge in [-0.3, -0.25) is 0 Å². The zero-order valence-electron chi connectivity index (χ0n) is 15.0. The van der Waals surface area contributed by atoms with Gasteiger partial charge >= 0.3 is 0 Å². The van der Waals surface area contributed by atoms with Gasteiger partial charge in [-0.25, -0.2) is 9.97 Å². The maximum absolute atomic E-state index is 6.37. The monoisotopic (exact) mass is 340 g/mol. The van der Waals surface area contributed by atoms with Crippen LogP contribution >= 0.6 is 0 Å². The molecule has 1 saturated heterocycles. The van der Waals surface area contributed by atoms with Crippen LogP contribution in [0.4, 0.5) is 23.0 Å². The summed E-state index contributed by atoms with van der Waals surface area (Å²) in [5.74, 6) is 1.47. The summed E-state index contributed by atoms with van der Waals surface area (Å²) in [7, 11) is 0. The average molecular weight is 340 g/mol. The van der Waals surface area contributed by atoms with Gasteiger partial charge in [-0.15, -0.1) is 0 Å². The Morgan fingerprint density at radius 2 is 1.88 bits per heavy atom. The van der Waals surface area contributed by atoms with Crippen molar-refractivity contribution in [1.29, 1.82) is 0 Å². The van der Waals surface area contributed by atoms with E-state index in [2.05, 4.69) is 44.1 Å². The van der Waals surface area contributed by atoms with Gasteiger partial charge in [0.05, 0.1) is 0 Å². The molecular formula is C19H28N6. The number of nitrogen functional groups attached to an aromatic ring is 1. The molecule has 0 spiro atoms. The molecule has 2 aromatic rings. The molecule has 134 valence electrons. The van der Waals surface area contributed by atoms with Crippen LogP contribution in [-0.4, -0.2) is 47.6 Å². The van der Waals surface area contributed by atoms with Gasteiger partial charge in [-0.1, -0.05) is 24.6 Å². The molecule has 1 aromatic carbocycles. The Hall–Kier alpha value is -2.34. The number of hydrogen-bond acceptors (Lipinski definition) is 6. The molecule has 1 aliphatic rings. The first kappa shape index (κ1) is 17.5. The standard InChI is InChI=1S/C19H28N6/c1-2-25(16-9-5-3-6-10-16)19-17(20)18(22-15-23-19)21-11-14-24-12-7-4-8-13-24/h3,5-6,9-10,15H,2,4,7-8,11-14,20H2,1H3,(H,21,22,23). The van der Waals surface area contributed by atoms with Crippen molar-refractivity contribution < 1.29 is 0 Å². The summed E-state index contributed by atoms with van der Waals surface area (Å²) in [5, 5.41) is 3.39. The van der Waals surface area contributed by atoms with E-state index in [1.807, 2.05) is 18.2 Å². The van der Waals surface area contributed by atoms with E-state index in [4.69, 9.17) is 5.73 Å². The van der Waals surface area contributed by atoms with Gasteiger partial charge < -0.3 is 20.9 Å². The third-order valence-corrected chi connectivity index (χ3v) is 4.67. The minimum atomic E-state index is 0.604. The highest BCUT2D eigenvalue weighted by Gasteiger charge is 2.16. The van der Waals surface area contributed by atoms with Crippen molar-refractivity contribution in [2.45, 2.75) is 26.2 Å². The first-order valence-electron chi connectivity index (χ1n) is 9.19. The van der Waals surface area contributed by atoms with E-state index in [0.29, 0.717) is 5.69 Å². The number of rotatable bonds is 7. The van der Waals surface area contributed by atoms with Gasteiger partial charge in [-0.05, 0) is 45.0 Å². The summed E-state index contributed by atoms with van der Waals surface area (Å²) in [5.41, 5.74) is 8.06. The number of nitrogens with one attached hydrogen (secondary N) is 1. The van der Waals surface area contributed by atoms with Crippen LogP contribution in [0.1, 0.15) is 26.2 Å². The summed E-state index contributed by atoms with van der Waals surface area (Å²) < 4.78 is 0. The summed E-state index contributed by atoms with van der Waals surface area (Å²) in [4.78, 5) is 13.4. The summed E-state index contributed by atoms with van der Waals surface area (Å²) in [6.07, 6.45) is 5.56. The zero-order valence-corrected chi connectivity index (χ0v) is 15.0. The predicted molar refractivity (Wildman–Crippen MR) is 104 cm³/mol. The van der Waals surface area contributed by atoms with Gasteiger partial charge in [0.1, 0.15) is 12.0 Å². The van der Waals surface area contributed by atoms with Crippen molar-refractivity contribution in [3.63, 3.8) is 0 Å². The fourth-order valence-corrected chi connectivity index (χ4v) is 3.32. The van der Waals surface area contributed by atoms with Gasteiger partial charge in [0.25, 0.3) is 0 Å². The van der Waals surface area contributed by atoms with Crippen LogP contribution in [0.15, 0.2) is 36.7 Å². The molecule has 0 aliphatic carbocycles. The van der Waals surface area contributed by atoms with Gasteiger partial charge in [0.2, 0.25) is 0 Å². The Kier molecular flexibility index (Phi) is 6.06. The Bertz CT molecular complexity index is 654. The highest BCUT2D eigenvalue weighted by molar-refractivity contribution is 5.79. The van der Waals surface area contributed by atoms with E-state index in [9.17, 15) is 0 Å². The number of piperidine rings is 1. The van der Waals surface area contributed by atoms with Crippen LogP contribution in [0.5, 0.6) is 0 Å². The van der Waals surface area contributed by atoms with Crippen molar-refractivity contribution in [2.75, 3.05) is 48.7 Å². The molecule has 1 aromatic heterocycles. The molecule has 0 saturated carbocycles. The van der Waals surface area contributed by atoms with Crippen LogP contribution in [0, 0.1) is 0 Å². The Balaban J connectivity index is 1.68. The van der Waals surface area contributed by atoms with Crippen LogP contribution in [0.2, 0.25) is 0 Å². The Labute approximate surface area is 150 Å². The van der Waals surface area contributed by atoms with Crippen molar-refractivity contribution >= 4 is 23.0 Å². The molecule has 0 amide bonds. The zero-order chi connectivity index (χ0) is 17.5. The number of aromatic nitrogens is 2. The molecule has 1 fully saturated rings. The second-order valence-electron chi connectivity index (χ2n) is 6.37. The molecule has 2 heterocycles. The van der Waals surface area contributed by atoms with Crippen LogP contribution < -0.4 is 16.0 Å². The number of nitrogens with zero attached hydrogens (tertiary/aromatic N) is 4. The molecule has 3 rings (SSSR count). The fourth-order valence-electron chi connectivity index (χ4n) is 3.32. The molecule has 1 aliphatic heterocycles. The van der Waals surface area contributed by atoms with Crippen LogP contribution in [0.25, 0.3) is 0 Å². The minimum absolute atomic E-state index is 0.604. The second-order valence-corrected chi connectivity index (χ2v) is 6.37. The maximum Gasteiger partial charge on any atom is 0.161 e. The number of hydrogen-bond donors (Lipinski definition) is 2. The number of benzene rings is 1. The number of anilines is 4. The molecule has 0 atom stereocenters. The van der Waals surface area contributed by atoms with Crippen molar-refractivity contribution in [3.8, 4) is 0 Å². The highest BCUT2D eigenvalue weighted by Crippen LogP contribution is 2.31. The summed E-state index contributed by atoms with van der Waals surface area (Å²) in [6.45, 7) is 7.15. The molecule has 0 bridgehead atoms. The largest absolute Gasteiger partial charge is 0.393 e. The van der Waals surface area contributed by atoms with Crippen LogP contribution in [0.3, 0.4) is 0 Å². The van der Waals surface area contributed by atoms with E-state index in [0.717, 1.165) is 37.0 Å². The predicted octanol–water partition coefficient (Wildman–Crippen LogP) is 3.11. The topological polar surface area (TPSA) is 70.3 Å². The van der Waals surface area contributed by atoms with E-state index < -0.39 is 0 Å². The highest BCUT2D eigenvalue weighted by atomic mass is 15.2. The van der Waals surface area contributed by atoms with E-state index in [1.165, 1.54) is 32.4 Å². The Morgan fingerprint density at radius 3 is 2.60 bits per heavy atom. The molecular weight excluding hydrogens is 312 g/mol. The van der Waals surface area contributed by atoms with E-state index in [-0.39, 0.29) is 0 Å². The number of likely N-dealkylation sites (tertiary alicyclic amines) is 1. The number of para-hydroxylation sites is 1. The van der Waals surface area contributed by atoms with E-state index in [1.54, 1.807) is 6.33 Å². The van der Waals surface area contributed by atoms with Crippen LogP contribution in [-0.2, 0) is 0 Å². The first-order chi connectivity index (χ1) is 12.3. The number of nitrogens with two attached hydrogens (primary N) is 1. The third-order valence-electron chi connectivity index (χ3n) is 4.67. The SMILES string of the molecule is CCN(c1ccccc1)c1ncnc(NCCN2CCCCC2)c1N. The molecule has 25 heavy (non-hydrogen) atoms. The van der Waals surface area contributed by atoms with Gasteiger partial charge in [0, 0.05) is 25.3 Å². The maximum atomic E-state index is 6.37. The third kappa shape index (κ3) is 4.39. The quantitative estimate of drug-likeness (QED) is 0.807. The lowest BCUT2D eigenvalue weighted by Crippen LogP contribution is -2.34. The van der Waals surface area contributed by atoms with Crippen molar-refractivity contribution in [3.05, 3.63) is 36.7 Å². The lowest BCUT2D eigenvalue weighted by atomic mass is 10.1. The molecule has 3 N–H and O–H groups in total. The van der Waals surface area contributed by atoms with Crippen molar-refractivity contribution in [1.82, 2.24) is 14.9 Å². The summed E-state index contributed by atoms with van der Waals surface area (Å²) in [6, 6.07) is 10.2. The van der Waals surface area contributed by atoms with Gasteiger partial charge in [-0.2, -0.15) is 0 Å². The summed E-state index contributed by atoms with van der Waals surface area (Å²) >= 11 is 0. The lowest BCUT2D eigenvalue weighted by Gasteiger charge is -2.27. The molecule has 0 radical (unpaired) electrons. The second kappa shape index (κ2) is 8.67. The van der Waals surface area contributed by atoms with Crippen molar-refractivity contribution in [2.24, 2.45) is 0 Å². The molecule has 6 nitrogen and oxygen atoms in total.